The summed E-state index contributed by atoms with van der Waals surface area (Å²) in [5.74, 6) is 0.170. The molecule has 2 unspecified atom stereocenters. The third-order valence-corrected chi connectivity index (χ3v) is 3.28. The number of ketones is 1. The Morgan fingerprint density at radius 2 is 2.21 bits per heavy atom. The summed E-state index contributed by atoms with van der Waals surface area (Å²) in [7, 11) is 0. The fourth-order valence-corrected chi connectivity index (χ4v) is 2.43. The first kappa shape index (κ1) is 18.4. The summed E-state index contributed by atoms with van der Waals surface area (Å²) in [5.41, 5.74) is 6.14. The van der Waals surface area contributed by atoms with Gasteiger partial charge in [0.25, 0.3) is 0 Å². The predicted octanol–water partition coefficient (Wildman–Crippen LogP) is 1.98. The molecule has 2 atom stereocenters. The van der Waals surface area contributed by atoms with Crippen molar-refractivity contribution in [3.8, 4) is 0 Å². The van der Waals surface area contributed by atoms with Crippen molar-refractivity contribution in [3.05, 3.63) is 18.5 Å². The fraction of sp³-hybridized carbons (Fsp3) is 0.667. The van der Waals surface area contributed by atoms with Crippen molar-refractivity contribution in [3.63, 3.8) is 0 Å². The maximum atomic E-state index is 11.4. The van der Waals surface area contributed by atoms with E-state index in [1.807, 2.05) is 16.9 Å². The normalized spacial score (nSPS) is 21.1. The maximum absolute atomic E-state index is 11.4. The number of carbonyl (C=O) groups is 1. The zero-order valence-electron chi connectivity index (χ0n) is 11.1. The Hall–Kier alpha value is -0.620. The molecule has 0 bridgehead atoms. The van der Waals surface area contributed by atoms with Gasteiger partial charge in [-0.25, -0.2) is 0 Å². The second-order valence-corrected chi connectivity index (χ2v) is 4.67. The maximum Gasteiger partial charge on any atom is 0.133 e. The highest BCUT2D eigenvalue weighted by Gasteiger charge is 2.28. The molecule has 1 aromatic rings. The second-order valence-electron chi connectivity index (χ2n) is 4.67. The molecule has 0 aliphatic carbocycles. The van der Waals surface area contributed by atoms with Crippen molar-refractivity contribution >= 4 is 30.6 Å². The Balaban J connectivity index is 0.00000162. The summed E-state index contributed by atoms with van der Waals surface area (Å²) in [6.07, 6.45) is 7.42. The first-order valence-corrected chi connectivity index (χ1v) is 6.18. The molecule has 5 nitrogen and oxygen atoms in total. The Morgan fingerprint density at radius 3 is 2.74 bits per heavy atom. The van der Waals surface area contributed by atoms with Gasteiger partial charge in [0, 0.05) is 25.4 Å². The van der Waals surface area contributed by atoms with Crippen LogP contribution in [0.5, 0.6) is 0 Å². The SMILES string of the molecule is CC(=O)CC(N1CCCCC1N)n1cccn1.Cl.Cl. The molecular formula is C12H22Cl2N4O. The summed E-state index contributed by atoms with van der Waals surface area (Å²) in [6, 6.07) is 1.88. The van der Waals surface area contributed by atoms with Crippen LogP contribution in [0.15, 0.2) is 18.5 Å². The summed E-state index contributed by atoms with van der Waals surface area (Å²) in [5, 5.41) is 4.25. The van der Waals surface area contributed by atoms with E-state index in [4.69, 9.17) is 5.73 Å². The van der Waals surface area contributed by atoms with Gasteiger partial charge in [-0.2, -0.15) is 5.10 Å². The summed E-state index contributed by atoms with van der Waals surface area (Å²) in [6.45, 7) is 2.56. The summed E-state index contributed by atoms with van der Waals surface area (Å²) < 4.78 is 1.84. The van der Waals surface area contributed by atoms with Gasteiger partial charge in [-0.3, -0.25) is 14.4 Å². The fourth-order valence-electron chi connectivity index (χ4n) is 2.43. The van der Waals surface area contributed by atoms with E-state index >= 15 is 0 Å². The van der Waals surface area contributed by atoms with Crippen LogP contribution in [-0.4, -0.2) is 33.2 Å². The van der Waals surface area contributed by atoms with Crippen LogP contribution in [0.2, 0.25) is 0 Å². The number of hydrogen-bond donors (Lipinski definition) is 1. The van der Waals surface area contributed by atoms with E-state index in [1.165, 1.54) is 6.42 Å². The van der Waals surface area contributed by atoms with Gasteiger partial charge in [-0.1, -0.05) is 0 Å². The van der Waals surface area contributed by atoms with Crippen LogP contribution in [0.1, 0.15) is 38.8 Å². The Morgan fingerprint density at radius 1 is 1.47 bits per heavy atom. The van der Waals surface area contributed by atoms with Crippen LogP contribution in [0.4, 0.5) is 0 Å². The monoisotopic (exact) mass is 308 g/mol. The number of rotatable bonds is 4. The molecule has 110 valence electrons. The number of Topliss-reactive ketones (excluding diaryl/α,β-unsaturated/α-hetero) is 1. The number of nitrogens with two attached hydrogens (primary N) is 1. The molecule has 0 radical (unpaired) electrons. The first-order valence-electron chi connectivity index (χ1n) is 6.18. The molecule has 7 heteroatoms. The van der Waals surface area contributed by atoms with Crippen LogP contribution in [0, 0.1) is 0 Å². The van der Waals surface area contributed by atoms with Gasteiger partial charge in [0.05, 0.1) is 6.17 Å². The predicted molar refractivity (Wildman–Crippen MR) is 79.6 cm³/mol. The highest BCUT2D eigenvalue weighted by Crippen LogP contribution is 2.24. The van der Waals surface area contributed by atoms with Gasteiger partial charge in [-0.15, -0.1) is 24.8 Å². The summed E-state index contributed by atoms with van der Waals surface area (Å²) >= 11 is 0. The molecule has 2 heterocycles. The van der Waals surface area contributed by atoms with Gasteiger partial charge in [0.2, 0.25) is 0 Å². The van der Waals surface area contributed by atoms with Crippen molar-refractivity contribution in [1.82, 2.24) is 14.7 Å². The van der Waals surface area contributed by atoms with E-state index in [9.17, 15) is 4.79 Å². The third-order valence-electron chi connectivity index (χ3n) is 3.28. The summed E-state index contributed by atoms with van der Waals surface area (Å²) in [4.78, 5) is 13.6. The van der Waals surface area contributed by atoms with Crippen molar-refractivity contribution in [1.29, 1.82) is 0 Å². The lowest BCUT2D eigenvalue weighted by molar-refractivity contribution is -0.119. The minimum absolute atomic E-state index is 0. The topological polar surface area (TPSA) is 64.2 Å². The molecule has 1 fully saturated rings. The average Bonchev–Trinajstić information content (AvgIpc) is 2.80. The zero-order valence-corrected chi connectivity index (χ0v) is 12.7. The lowest BCUT2D eigenvalue weighted by atomic mass is 10.1. The molecule has 1 aliphatic rings. The van der Waals surface area contributed by atoms with E-state index < -0.39 is 0 Å². The molecule has 2 rings (SSSR count). The van der Waals surface area contributed by atoms with Crippen LogP contribution < -0.4 is 5.73 Å². The van der Waals surface area contributed by atoms with Crippen LogP contribution in [0.25, 0.3) is 0 Å². The van der Waals surface area contributed by atoms with E-state index in [2.05, 4.69) is 10.00 Å². The number of aromatic nitrogens is 2. The van der Waals surface area contributed by atoms with E-state index in [0.29, 0.717) is 6.42 Å². The van der Waals surface area contributed by atoms with Crippen molar-refractivity contribution < 1.29 is 4.79 Å². The van der Waals surface area contributed by atoms with E-state index in [1.54, 1.807) is 13.1 Å². The third kappa shape index (κ3) is 4.76. The zero-order chi connectivity index (χ0) is 12.3. The molecule has 1 aromatic heterocycles. The minimum atomic E-state index is -0.0298. The van der Waals surface area contributed by atoms with E-state index in [0.717, 1.165) is 19.4 Å². The molecule has 0 saturated carbocycles. The lowest BCUT2D eigenvalue weighted by Crippen LogP contribution is -2.49. The molecule has 0 aromatic carbocycles. The minimum Gasteiger partial charge on any atom is -0.316 e. The Kier molecular flexibility index (Phi) is 8.25. The molecule has 2 N–H and O–H groups in total. The van der Waals surface area contributed by atoms with Gasteiger partial charge >= 0.3 is 0 Å². The molecular weight excluding hydrogens is 287 g/mol. The van der Waals surface area contributed by atoms with Gasteiger partial charge < -0.3 is 5.73 Å². The molecule has 1 saturated heterocycles. The van der Waals surface area contributed by atoms with Gasteiger partial charge in [0.1, 0.15) is 11.9 Å². The van der Waals surface area contributed by atoms with Crippen molar-refractivity contribution in [2.75, 3.05) is 6.54 Å². The number of halogens is 2. The molecule has 0 amide bonds. The number of piperidine rings is 1. The highest BCUT2D eigenvalue weighted by molar-refractivity contribution is 5.85. The lowest BCUT2D eigenvalue weighted by Gasteiger charge is -2.38. The van der Waals surface area contributed by atoms with Crippen molar-refractivity contribution in [2.45, 2.75) is 44.9 Å². The number of nitrogens with zero attached hydrogens (tertiary/aromatic N) is 3. The quantitative estimate of drug-likeness (QED) is 0.923. The Bertz CT molecular complexity index is 372. The number of carbonyl (C=O) groups excluding carboxylic acids is 1. The van der Waals surface area contributed by atoms with Crippen LogP contribution >= 0.6 is 24.8 Å². The van der Waals surface area contributed by atoms with E-state index in [-0.39, 0.29) is 42.9 Å². The average molecular weight is 309 g/mol. The number of likely N-dealkylation sites (tertiary alicyclic amines) is 1. The first-order chi connectivity index (χ1) is 8.18. The largest absolute Gasteiger partial charge is 0.316 e. The van der Waals surface area contributed by atoms with Crippen molar-refractivity contribution in [2.24, 2.45) is 5.73 Å². The molecule has 0 spiro atoms. The van der Waals surface area contributed by atoms with Crippen LogP contribution in [0.3, 0.4) is 0 Å². The molecule has 19 heavy (non-hydrogen) atoms. The molecule has 1 aliphatic heterocycles. The standard InChI is InChI=1S/C12H20N4O.2ClH/c1-10(17)9-12(16-8-4-6-14-16)15-7-3-2-5-11(15)13;;/h4,6,8,11-12H,2-3,5,7,9,13H2,1H3;2*1H. The van der Waals surface area contributed by atoms with Crippen LogP contribution in [-0.2, 0) is 4.79 Å². The van der Waals surface area contributed by atoms with Gasteiger partial charge in [0.15, 0.2) is 0 Å². The highest BCUT2D eigenvalue weighted by atomic mass is 35.5. The number of hydrogen-bond acceptors (Lipinski definition) is 4. The van der Waals surface area contributed by atoms with Gasteiger partial charge in [-0.05, 0) is 32.3 Å². The smallest absolute Gasteiger partial charge is 0.133 e. The Labute approximate surface area is 126 Å². The second kappa shape index (κ2) is 8.53.